The summed E-state index contributed by atoms with van der Waals surface area (Å²) in [5.41, 5.74) is 24.7. The van der Waals surface area contributed by atoms with Crippen molar-refractivity contribution in [3.8, 4) is 56.5 Å². The van der Waals surface area contributed by atoms with E-state index in [9.17, 15) is 33.6 Å². The van der Waals surface area contributed by atoms with Crippen LogP contribution in [-0.2, 0) is 48.1 Å². The van der Waals surface area contributed by atoms with E-state index in [0.717, 1.165) is 126 Å². The number of nitrogens with two attached hydrogens (primary N) is 2. The topological polar surface area (TPSA) is 384 Å². The third-order valence-electron chi connectivity index (χ3n) is 20.0. The molecule has 700 valence electrons. The molecule has 0 bridgehead atoms. The minimum Gasteiger partial charge on any atom is -0.496 e. The van der Waals surface area contributed by atoms with E-state index < -0.39 is 52.9 Å². The number of ether oxygens (including phenoxy) is 5. The van der Waals surface area contributed by atoms with Gasteiger partial charge in [-0.25, -0.2) is 29.5 Å². The lowest BCUT2D eigenvalue weighted by molar-refractivity contribution is -0.155. The number of hydrogen-bond acceptors (Lipinski definition) is 18. The van der Waals surface area contributed by atoms with Crippen LogP contribution in [0.25, 0.3) is 45.0 Å². The summed E-state index contributed by atoms with van der Waals surface area (Å²) in [5, 5.41) is 11.6. The predicted molar refractivity (Wildman–Crippen MR) is 535 cm³/mol. The lowest BCUT2D eigenvalue weighted by Crippen LogP contribution is -2.51. The number of nitrogens with zero attached hydrogens (tertiary/aromatic N) is 5. The van der Waals surface area contributed by atoms with E-state index in [1.54, 1.807) is 116 Å². The largest absolute Gasteiger partial charge is 0.496 e. The summed E-state index contributed by atoms with van der Waals surface area (Å²) in [4.78, 5) is 120. The van der Waals surface area contributed by atoms with Gasteiger partial charge < -0.3 is 81.3 Å². The molecular formula is C100H118Br5N15O12. The second-order valence-corrected chi connectivity index (χ2v) is 38.6. The van der Waals surface area contributed by atoms with Crippen molar-refractivity contribution in [2.75, 3.05) is 20.8 Å². The van der Waals surface area contributed by atoms with Crippen molar-refractivity contribution in [1.29, 1.82) is 0 Å². The Labute approximate surface area is 814 Å². The number of carbonyl (C=O) groups is 7. The number of aryl methyl sites for hydroxylation is 4. The summed E-state index contributed by atoms with van der Waals surface area (Å²) in [6.45, 7) is 32.5. The monoisotopic (exact) mass is 2120 g/mol. The first kappa shape index (κ1) is 106. The molecule has 8 aromatic carbocycles. The van der Waals surface area contributed by atoms with E-state index in [4.69, 9.17) is 35.2 Å². The first-order valence-corrected chi connectivity index (χ1v) is 46.7. The molecule has 12 aromatic rings. The van der Waals surface area contributed by atoms with Crippen molar-refractivity contribution in [1.82, 2.24) is 66.0 Å². The maximum Gasteiger partial charge on any atom is 0.408 e. The highest BCUT2D eigenvalue weighted by molar-refractivity contribution is 9.11. The van der Waals surface area contributed by atoms with Crippen LogP contribution in [-0.4, -0.2) is 130 Å². The molecule has 0 aliphatic heterocycles. The number of amides is 5. The fourth-order valence-corrected chi connectivity index (χ4v) is 15.9. The van der Waals surface area contributed by atoms with E-state index in [-0.39, 0.29) is 68.1 Å². The fraction of sp³-hybridized carbons (Fsp3) is 0.330. The number of alkyl carbamates (subject to hydrolysis) is 2. The highest BCUT2D eigenvalue weighted by Gasteiger charge is 2.35. The molecule has 4 aromatic heterocycles. The van der Waals surface area contributed by atoms with Gasteiger partial charge in [-0.15, -0.1) is 0 Å². The molecule has 32 heteroatoms. The summed E-state index contributed by atoms with van der Waals surface area (Å²) in [6, 6.07) is 52.5. The van der Waals surface area contributed by atoms with Gasteiger partial charge in [-0.3, -0.25) is 24.0 Å². The zero-order chi connectivity index (χ0) is 97.1. The molecule has 12 N–H and O–H groups in total. The van der Waals surface area contributed by atoms with Crippen molar-refractivity contribution in [2.24, 2.45) is 11.5 Å². The number of benzene rings is 8. The van der Waals surface area contributed by atoms with Crippen LogP contribution >= 0.6 is 79.6 Å². The highest BCUT2D eigenvalue weighted by Crippen LogP contribution is 2.35. The summed E-state index contributed by atoms with van der Waals surface area (Å²) < 4.78 is 31.4. The van der Waals surface area contributed by atoms with Crippen LogP contribution in [0, 0.1) is 27.7 Å². The van der Waals surface area contributed by atoms with Crippen molar-refractivity contribution in [3.05, 3.63) is 290 Å². The normalized spacial score (nSPS) is 12.3. The van der Waals surface area contributed by atoms with E-state index in [2.05, 4.69) is 173 Å². The molecule has 5 amide bonds. The molecule has 27 nitrogen and oxygen atoms in total. The van der Waals surface area contributed by atoms with E-state index in [0.29, 0.717) is 27.2 Å². The van der Waals surface area contributed by atoms with Crippen LogP contribution in [0.5, 0.6) is 11.5 Å². The quantitative estimate of drug-likeness (QED) is 0.0124. The Morgan fingerprint density at radius 1 is 0.462 bits per heavy atom. The Balaban J connectivity index is 0.000000217. The Hall–Kier alpha value is -11.4. The van der Waals surface area contributed by atoms with Gasteiger partial charge >= 0.3 is 18.2 Å². The molecule has 12 rings (SSSR count). The minimum atomic E-state index is -1.02. The van der Waals surface area contributed by atoms with E-state index in [1.807, 2.05) is 184 Å². The van der Waals surface area contributed by atoms with Gasteiger partial charge in [0.1, 0.15) is 57.6 Å². The average molecular weight is 2120 g/mol. The number of aromatic amines is 4. The zero-order valence-electron chi connectivity index (χ0n) is 77.8. The summed E-state index contributed by atoms with van der Waals surface area (Å²) >= 11 is 17.5. The smallest absolute Gasteiger partial charge is 0.408 e. The summed E-state index contributed by atoms with van der Waals surface area (Å²) in [6.07, 6.45) is 6.15. The third-order valence-corrected chi connectivity index (χ3v) is 23.5. The van der Waals surface area contributed by atoms with Gasteiger partial charge in [-0.1, -0.05) is 195 Å². The van der Waals surface area contributed by atoms with Crippen LogP contribution < -0.4 is 42.2 Å². The number of Topliss-reactive ketones (excluding diaryl/α,β-unsaturated/α-hetero) is 1. The number of halogens is 5. The number of H-pyrrole nitrogens is 4. The Bertz CT molecular complexity index is 5900. The van der Waals surface area contributed by atoms with Crippen LogP contribution in [0.3, 0.4) is 0 Å². The number of aromatic nitrogens is 8. The summed E-state index contributed by atoms with van der Waals surface area (Å²) in [5.74, 6) is 2.79. The number of esters is 1. The first-order chi connectivity index (χ1) is 62.3. The van der Waals surface area contributed by atoms with Crippen LogP contribution in [0.1, 0.15) is 210 Å². The molecule has 132 heavy (non-hydrogen) atoms. The predicted octanol–water partition coefficient (Wildman–Crippen LogP) is 22.3. The van der Waals surface area contributed by atoms with Crippen molar-refractivity contribution < 1.29 is 57.2 Å². The number of imidazole rings is 4. The number of primary amides is 1. The van der Waals surface area contributed by atoms with Gasteiger partial charge in [0.05, 0.1) is 98.9 Å². The second-order valence-electron chi connectivity index (χ2n) is 34.3. The van der Waals surface area contributed by atoms with Crippen LogP contribution in [0.15, 0.2) is 217 Å². The Kier molecular flexibility index (Phi) is 39.6. The summed E-state index contributed by atoms with van der Waals surface area (Å²) in [7, 11) is 3.31. The second kappa shape index (κ2) is 49.4. The van der Waals surface area contributed by atoms with Crippen LogP contribution in [0.4, 0.5) is 9.59 Å². The Morgan fingerprint density at radius 2 is 0.856 bits per heavy atom. The van der Waals surface area contributed by atoms with E-state index in [1.165, 1.54) is 5.56 Å². The van der Waals surface area contributed by atoms with Crippen LogP contribution in [0.2, 0.25) is 0 Å². The van der Waals surface area contributed by atoms with Gasteiger partial charge in [0, 0.05) is 81.7 Å². The number of ketones is 1. The van der Waals surface area contributed by atoms with Crippen molar-refractivity contribution in [2.45, 2.75) is 197 Å². The average Bonchev–Trinajstić information content (AvgIpc) is 1.40. The van der Waals surface area contributed by atoms with Gasteiger partial charge in [-0.2, -0.15) is 0 Å². The third kappa shape index (κ3) is 32.8. The van der Waals surface area contributed by atoms with Crippen molar-refractivity contribution in [3.63, 3.8) is 0 Å². The first-order valence-electron chi connectivity index (χ1n) is 42.7. The molecule has 0 spiro atoms. The number of methoxy groups -OCH3 is 2. The van der Waals surface area contributed by atoms with Gasteiger partial charge in [0.15, 0.2) is 5.78 Å². The zero-order valence-corrected chi connectivity index (χ0v) is 85.7. The lowest BCUT2D eigenvalue weighted by Gasteiger charge is -2.33. The molecular weight excluding hydrogens is 2000 g/mol. The van der Waals surface area contributed by atoms with Gasteiger partial charge in [-0.05, 0) is 211 Å². The molecule has 0 aliphatic rings. The molecule has 4 heterocycles. The van der Waals surface area contributed by atoms with Crippen molar-refractivity contribution >= 4 is 121 Å². The minimum absolute atomic E-state index is 0.00183. The number of carbonyl (C=O) groups excluding carboxylic acids is 7. The maximum absolute atomic E-state index is 14.8. The molecule has 2 unspecified atom stereocenters. The van der Waals surface area contributed by atoms with E-state index >= 15 is 0 Å². The lowest BCUT2D eigenvalue weighted by atomic mass is 9.93. The number of hydrogen-bond donors (Lipinski definition) is 10. The molecule has 0 aliphatic carbocycles. The number of nitrogens with one attached hydrogen (secondary N) is 8. The van der Waals surface area contributed by atoms with Gasteiger partial charge in [0.25, 0.3) is 0 Å². The molecule has 0 saturated heterocycles. The highest BCUT2D eigenvalue weighted by atomic mass is 79.9. The molecule has 5 atom stereocenters. The van der Waals surface area contributed by atoms with Gasteiger partial charge in [0.2, 0.25) is 17.7 Å². The number of rotatable bonds is 28. The molecule has 0 saturated carbocycles. The standard InChI is InChI=1S/C37H44BrN5O5.C20H22BrN3O.C16H20BrN3O2.C16H20BrNO4.C11H12BrN3/c1-21-16-26(33(39)44)17-22(2)28(21)18-30(42-36(46)48-37(5,6)7)35(45)43(20-25-13-14-32(47-8)23(3)15-25)24(4)34-40-19-31(41-34)27-11-9-10-12-29(27)38;1-13-10-15(8-9-19(13)25-3)11-22-14(2)20-23-12-18(24-20)16-6-4-5-7-17(16)21;1-10(19-15(21)22-16(2,3)4)14-18-9-13(20-14)11-7-5-6-8-12(11)17;1-16(2,3)22-15(21)9-8-14(20)18-10-13(19)11-6-4-5-7-12(11)17;1-7(13)11-14-6-10(15-11)8-4-2-3-5-9(8)12/h9-17,19,24,30H,18,20H2,1-8H3,(H2,39,44)(H,40,41)(H,42,46);4-10,12,14,22H,11H2,1-3H3,(H,23,24);5-10H,1-4H3,(H,18,20)(H,19,21);4-7H,8-10H2,1-3H3,(H,18,20);2-7H,13H2,1H3,(H,14,15)/t24-,30-;;10-;;/m0.0../s1. The SMILES string of the molecule is CC(C)(C)OC(=O)CCC(=O)NCC(=O)c1ccccc1Br.CC(N)c1ncc(-c2ccccc2Br)[nH]1.COc1ccc(CN(C(=O)[C@H](Cc2c(C)cc(C(N)=O)cc2C)NC(=O)OC(C)(C)C)[C@@H](C)c2ncc(-c3ccccc3Br)[nH]2)cc1C.COc1ccc(CNC(C)c2ncc(-c3ccccc3Br)[nH]2)cc1C.C[C@H](NC(=O)OC(C)(C)C)c1ncc(-c2ccccc2Br)[nH]1. The maximum atomic E-state index is 14.8. The fourth-order valence-electron chi connectivity index (χ4n) is 13.4. The molecule has 0 radical (unpaired) electrons. The molecule has 0 fully saturated rings. The Morgan fingerprint density at radius 3 is 1.27 bits per heavy atom.